The molecule has 1 saturated carbocycles. The van der Waals surface area contributed by atoms with Crippen molar-refractivity contribution >= 4 is 21.6 Å². The Morgan fingerprint density at radius 2 is 2.00 bits per heavy atom. The lowest BCUT2D eigenvalue weighted by atomic mass is 9.93. The van der Waals surface area contributed by atoms with Gasteiger partial charge in [0.1, 0.15) is 4.90 Å². The summed E-state index contributed by atoms with van der Waals surface area (Å²) in [6.45, 7) is 1.85. The Kier molecular flexibility index (Phi) is 4.50. The van der Waals surface area contributed by atoms with Crippen molar-refractivity contribution in [3.05, 3.63) is 28.8 Å². The minimum absolute atomic E-state index is 0.0672. The Morgan fingerprint density at radius 1 is 1.32 bits per heavy atom. The van der Waals surface area contributed by atoms with E-state index >= 15 is 0 Å². The Labute approximate surface area is 118 Å². The number of aliphatic hydroxyl groups is 1. The highest BCUT2D eigenvalue weighted by molar-refractivity contribution is 7.89. The second-order valence-electron chi connectivity index (χ2n) is 5.01. The molecule has 0 saturated heterocycles. The Balaban J connectivity index is 2.22. The highest BCUT2D eigenvalue weighted by atomic mass is 35.5. The molecule has 6 heteroatoms. The SMILES string of the molecule is Cc1ccc(S(=O)(=O)N[C@H]2CCCC[C@@H]2O)c(Cl)c1. The summed E-state index contributed by atoms with van der Waals surface area (Å²) in [7, 11) is -3.68. The summed E-state index contributed by atoms with van der Waals surface area (Å²) in [5.41, 5.74) is 0.904. The van der Waals surface area contributed by atoms with Gasteiger partial charge in [-0.05, 0) is 37.5 Å². The smallest absolute Gasteiger partial charge is 0.242 e. The molecular weight excluding hydrogens is 286 g/mol. The maximum atomic E-state index is 12.3. The molecule has 1 aromatic rings. The van der Waals surface area contributed by atoms with Crippen molar-refractivity contribution in [2.75, 3.05) is 0 Å². The van der Waals surface area contributed by atoms with E-state index in [2.05, 4.69) is 4.72 Å². The van der Waals surface area contributed by atoms with Crippen LogP contribution in [0.2, 0.25) is 5.02 Å². The molecule has 19 heavy (non-hydrogen) atoms. The van der Waals surface area contributed by atoms with E-state index in [4.69, 9.17) is 11.6 Å². The fourth-order valence-corrected chi connectivity index (χ4v) is 4.24. The second-order valence-corrected chi connectivity index (χ2v) is 7.10. The summed E-state index contributed by atoms with van der Waals surface area (Å²) < 4.78 is 27.1. The number of nitrogens with one attached hydrogen (secondary N) is 1. The Bertz CT molecular complexity index is 559. The average Bonchev–Trinajstić information content (AvgIpc) is 2.31. The van der Waals surface area contributed by atoms with Crippen LogP contribution >= 0.6 is 11.6 Å². The van der Waals surface area contributed by atoms with Gasteiger partial charge in [-0.15, -0.1) is 0 Å². The first-order valence-corrected chi connectivity index (χ1v) is 8.23. The molecule has 2 rings (SSSR count). The van der Waals surface area contributed by atoms with Gasteiger partial charge >= 0.3 is 0 Å². The van der Waals surface area contributed by atoms with E-state index in [1.165, 1.54) is 6.07 Å². The highest BCUT2D eigenvalue weighted by Crippen LogP contribution is 2.25. The molecule has 0 amide bonds. The molecule has 4 nitrogen and oxygen atoms in total. The molecule has 0 spiro atoms. The lowest BCUT2D eigenvalue weighted by Crippen LogP contribution is -2.45. The molecular formula is C13H18ClNO3S. The van der Waals surface area contributed by atoms with Crippen LogP contribution in [0.5, 0.6) is 0 Å². The van der Waals surface area contributed by atoms with E-state index in [0.29, 0.717) is 12.8 Å². The predicted octanol–water partition coefficient (Wildman–Crippen LogP) is 2.23. The van der Waals surface area contributed by atoms with Gasteiger partial charge in [0.15, 0.2) is 0 Å². The average molecular weight is 304 g/mol. The first kappa shape index (κ1) is 14.8. The van der Waals surface area contributed by atoms with Crippen LogP contribution in [-0.2, 0) is 10.0 Å². The normalized spacial score (nSPS) is 24.4. The number of aryl methyl sites for hydroxylation is 1. The molecule has 0 heterocycles. The number of benzene rings is 1. The van der Waals surface area contributed by atoms with Crippen LogP contribution in [-0.4, -0.2) is 25.7 Å². The molecule has 0 aliphatic heterocycles. The van der Waals surface area contributed by atoms with Crippen LogP contribution in [0.15, 0.2) is 23.1 Å². The van der Waals surface area contributed by atoms with Gasteiger partial charge < -0.3 is 5.11 Å². The van der Waals surface area contributed by atoms with Crippen molar-refractivity contribution in [2.45, 2.75) is 49.6 Å². The zero-order valence-corrected chi connectivity index (χ0v) is 12.3. The van der Waals surface area contributed by atoms with E-state index in [1.54, 1.807) is 12.1 Å². The van der Waals surface area contributed by atoms with Crippen molar-refractivity contribution in [1.82, 2.24) is 4.72 Å². The van der Waals surface area contributed by atoms with Crippen LogP contribution in [0.1, 0.15) is 31.2 Å². The van der Waals surface area contributed by atoms with Gasteiger partial charge in [0, 0.05) is 6.04 Å². The van der Waals surface area contributed by atoms with Crippen molar-refractivity contribution in [3.8, 4) is 0 Å². The fourth-order valence-electron chi connectivity index (χ4n) is 2.34. The molecule has 1 aliphatic carbocycles. The molecule has 1 aliphatic rings. The summed E-state index contributed by atoms with van der Waals surface area (Å²) in [4.78, 5) is 0.0672. The van der Waals surface area contributed by atoms with Crippen LogP contribution in [0.4, 0.5) is 0 Å². The molecule has 1 fully saturated rings. The van der Waals surface area contributed by atoms with Crippen LogP contribution < -0.4 is 4.72 Å². The van der Waals surface area contributed by atoms with Gasteiger partial charge in [0.05, 0.1) is 11.1 Å². The third-order valence-corrected chi connectivity index (χ3v) is 5.39. The van der Waals surface area contributed by atoms with Crippen molar-refractivity contribution in [2.24, 2.45) is 0 Å². The minimum Gasteiger partial charge on any atom is -0.391 e. The van der Waals surface area contributed by atoms with Gasteiger partial charge in [0.2, 0.25) is 10.0 Å². The monoisotopic (exact) mass is 303 g/mol. The first-order valence-electron chi connectivity index (χ1n) is 6.37. The van der Waals surface area contributed by atoms with E-state index in [9.17, 15) is 13.5 Å². The summed E-state index contributed by atoms with van der Waals surface area (Å²) in [5, 5.41) is 10.0. The summed E-state index contributed by atoms with van der Waals surface area (Å²) in [6.07, 6.45) is 2.53. The standard InChI is InChI=1S/C13H18ClNO3S/c1-9-6-7-13(10(14)8-9)19(17,18)15-11-4-2-3-5-12(11)16/h6-8,11-12,15-16H,2-5H2,1H3/t11-,12-/m0/s1. The number of rotatable bonds is 3. The molecule has 0 radical (unpaired) electrons. The number of aliphatic hydroxyl groups excluding tert-OH is 1. The summed E-state index contributed by atoms with van der Waals surface area (Å²) >= 11 is 5.99. The lowest BCUT2D eigenvalue weighted by Gasteiger charge is -2.28. The summed E-state index contributed by atoms with van der Waals surface area (Å²) in [5.74, 6) is 0. The molecule has 0 unspecified atom stereocenters. The number of sulfonamides is 1. The van der Waals surface area contributed by atoms with Crippen LogP contribution in [0, 0.1) is 6.92 Å². The second kappa shape index (κ2) is 5.79. The quantitative estimate of drug-likeness (QED) is 0.900. The third kappa shape index (κ3) is 3.48. The predicted molar refractivity (Wildman–Crippen MR) is 74.8 cm³/mol. The third-order valence-electron chi connectivity index (χ3n) is 3.41. The molecule has 2 N–H and O–H groups in total. The van der Waals surface area contributed by atoms with E-state index in [0.717, 1.165) is 18.4 Å². The van der Waals surface area contributed by atoms with Gasteiger partial charge in [-0.2, -0.15) is 0 Å². The van der Waals surface area contributed by atoms with Crippen molar-refractivity contribution in [3.63, 3.8) is 0 Å². The Morgan fingerprint density at radius 3 is 2.63 bits per heavy atom. The molecule has 106 valence electrons. The number of halogens is 1. The molecule has 0 aromatic heterocycles. The molecule has 2 atom stereocenters. The maximum absolute atomic E-state index is 12.3. The zero-order valence-electron chi connectivity index (χ0n) is 10.8. The van der Waals surface area contributed by atoms with E-state index < -0.39 is 22.2 Å². The first-order chi connectivity index (χ1) is 8.90. The van der Waals surface area contributed by atoms with Gasteiger partial charge in [-0.25, -0.2) is 13.1 Å². The van der Waals surface area contributed by atoms with Gasteiger partial charge in [-0.3, -0.25) is 0 Å². The Hall–Kier alpha value is -0.620. The van der Waals surface area contributed by atoms with E-state index in [-0.39, 0.29) is 9.92 Å². The molecule has 0 bridgehead atoms. The number of hydrogen-bond donors (Lipinski definition) is 2. The number of hydrogen-bond acceptors (Lipinski definition) is 3. The summed E-state index contributed by atoms with van der Waals surface area (Å²) in [6, 6.07) is 4.40. The topological polar surface area (TPSA) is 66.4 Å². The largest absolute Gasteiger partial charge is 0.391 e. The van der Waals surface area contributed by atoms with Gasteiger partial charge in [-0.1, -0.05) is 30.5 Å². The maximum Gasteiger partial charge on any atom is 0.242 e. The van der Waals surface area contributed by atoms with E-state index in [1.807, 2.05) is 6.92 Å². The van der Waals surface area contributed by atoms with Gasteiger partial charge in [0.25, 0.3) is 0 Å². The van der Waals surface area contributed by atoms with Crippen molar-refractivity contribution < 1.29 is 13.5 Å². The molecule has 1 aromatic carbocycles. The zero-order chi connectivity index (χ0) is 14.0. The van der Waals surface area contributed by atoms with Crippen LogP contribution in [0.25, 0.3) is 0 Å². The van der Waals surface area contributed by atoms with Crippen molar-refractivity contribution in [1.29, 1.82) is 0 Å². The minimum atomic E-state index is -3.68. The lowest BCUT2D eigenvalue weighted by molar-refractivity contribution is 0.101. The van der Waals surface area contributed by atoms with Crippen LogP contribution in [0.3, 0.4) is 0 Å². The fraction of sp³-hybridized carbons (Fsp3) is 0.538. The highest BCUT2D eigenvalue weighted by Gasteiger charge is 2.29.